The van der Waals surface area contributed by atoms with E-state index in [0.717, 1.165) is 14.9 Å². The summed E-state index contributed by atoms with van der Waals surface area (Å²) in [5.74, 6) is 0. The van der Waals surface area contributed by atoms with E-state index in [1.807, 2.05) is 43.3 Å². The summed E-state index contributed by atoms with van der Waals surface area (Å²) in [5, 5.41) is 10.2. The minimum atomic E-state index is -0.528. The number of aliphatic hydroxyl groups excluding tert-OH is 1. The standard InChI is InChI=1S/C12H11BrOS/c1-8-7-10(13)12(15-8)11(14)9-5-3-2-4-6-9/h2-7,11,14H,1H3. The van der Waals surface area contributed by atoms with E-state index >= 15 is 0 Å². The number of thiophene rings is 1. The van der Waals surface area contributed by atoms with Crippen molar-refractivity contribution in [1.29, 1.82) is 0 Å². The predicted octanol–water partition coefficient (Wildman–Crippen LogP) is 3.90. The number of aliphatic hydroxyl groups is 1. The van der Waals surface area contributed by atoms with Gasteiger partial charge < -0.3 is 5.11 Å². The molecule has 2 aromatic rings. The summed E-state index contributed by atoms with van der Waals surface area (Å²) in [4.78, 5) is 2.17. The fraction of sp³-hybridized carbons (Fsp3) is 0.167. The van der Waals surface area contributed by atoms with E-state index in [2.05, 4.69) is 15.9 Å². The van der Waals surface area contributed by atoms with Crippen LogP contribution in [-0.4, -0.2) is 5.11 Å². The predicted molar refractivity (Wildman–Crippen MR) is 67.3 cm³/mol. The van der Waals surface area contributed by atoms with Gasteiger partial charge in [0.2, 0.25) is 0 Å². The van der Waals surface area contributed by atoms with E-state index in [9.17, 15) is 5.11 Å². The highest BCUT2D eigenvalue weighted by Crippen LogP contribution is 2.35. The average Bonchev–Trinajstić information content (AvgIpc) is 2.58. The van der Waals surface area contributed by atoms with Gasteiger partial charge in [-0.1, -0.05) is 30.3 Å². The van der Waals surface area contributed by atoms with Crippen LogP contribution in [0.15, 0.2) is 40.9 Å². The third-order valence-electron chi connectivity index (χ3n) is 2.20. The average molecular weight is 283 g/mol. The number of hydrogen-bond donors (Lipinski definition) is 1. The van der Waals surface area contributed by atoms with E-state index in [0.29, 0.717) is 0 Å². The fourth-order valence-electron chi connectivity index (χ4n) is 1.47. The second kappa shape index (κ2) is 4.47. The highest BCUT2D eigenvalue weighted by molar-refractivity contribution is 9.10. The van der Waals surface area contributed by atoms with Crippen LogP contribution in [0.3, 0.4) is 0 Å². The van der Waals surface area contributed by atoms with Gasteiger partial charge in [-0.2, -0.15) is 0 Å². The zero-order valence-corrected chi connectivity index (χ0v) is 10.7. The van der Waals surface area contributed by atoms with Gasteiger partial charge in [-0.3, -0.25) is 0 Å². The largest absolute Gasteiger partial charge is 0.383 e. The minimum Gasteiger partial charge on any atom is -0.383 e. The Morgan fingerprint density at radius 2 is 1.93 bits per heavy atom. The van der Waals surface area contributed by atoms with Gasteiger partial charge in [0.15, 0.2) is 0 Å². The molecule has 2 rings (SSSR count). The van der Waals surface area contributed by atoms with Crippen molar-refractivity contribution >= 4 is 27.3 Å². The van der Waals surface area contributed by atoms with Crippen LogP contribution in [0.5, 0.6) is 0 Å². The molecule has 0 saturated carbocycles. The molecule has 0 amide bonds. The molecule has 1 atom stereocenters. The van der Waals surface area contributed by atoms with Crippen LogP contribution < -0.4 is 0 Å². The molecule has 0 aliphatic heterocycles. The maximum Gasteiger partial charge on any atom is 0.114 e. The molecule has 1 aromatic carbocycles. The van der Waals surface area contributed by atoms with Crippen molar-refractivity contribution in [2.75, 3.05) is 0 Å². The summed E-state index contributed by atoms with van der Waals surface area (Å²) in [7, 11) is 0. The molecule has 0 aliphatic carbocycles. The Hall–Kier alpha value is -0.640. The van der Waals surface area contributed by atoms with Crippen molar-refractivity contribution in [2.45, 2.75) is 13.0 Å². The monoisotopic (exact) mass is 282 g/mol. The van der Waals surface area contributed by atoms with Gasteiger partial charge in [-0.15, -0.1) is 11.3 Å². The number of aryl methyl sites for hydroxylation is 1. The molecule has 0 radical (unpaired) electrons. The first-order chi connectivity index (χ1) is 7.18. The van der Waals surface area contributed by atoms with Gasteiger partial charge in [-0.25, -0.2) is 0 Å². The van der Waals surface area contributed by atoms with Crippen molar-refractivity contribution in [2.24, 2.45) is 0 Å². The van der Waals surface area contributed by atoms with Crippen molar-refractivity contribution in [3.05, 3.63) is 56.2 Å². The van der Waals surface area contributed by atoms with Crippen LogP contribution in [-0.2, 0) is 0 Å². The number of rotatable bonds is 2. The second-order valence-electron chi connectivity index (χ2n) is 3.38. The third-order valence-corrected chi connectivity index (χ3v) is 4.22. The molecule has 0 bridgehead atoms. The molecule has 0 aliphatic rings. The lowest BCUT2D eigenvalue weighted by Gasteiger charge is -2.09. The Labute approximate surface area is 102 Å². The molecule has 1 N–H and O–H groups in total. The van der Waals surface area contributed by atoms with Crippen molar-refractivity contribution in [3.63, 3.8) is 0 Å². The van der Waals surface area contributed by atoms with Gasteiger partial charge in [0, 0.05) is 9.35 Å². The molecule has 78 valence electrons. The molecule has 0 saturated heterocycles. The van der Waals surface area contributed by atoms with Gasteiger partial charge in [0.1, 0.15) is 6.10 Å². The summed E-state index contributed by atoms with van der Waals surface area (Å²) >= 11 is 5.09. The van der Waals surface area contributed by atoms with Crippen LogP contribution in [0.2, 0.25) is 0 Å². The van der Waals surface area contributed by atoms with E-state index in [1.165, 1.54) is 4.88 Å². The van der Waals surface area contributed by atoms with Gasteiger partial charge in [0.25, 0.3) is 0 Å². The molecule has 1 unspecified atom stereocenters. The summed E-state index contributed by atoms with van der Waals surface area (Å²) in [5.41, 5.74) is 0.931. The molecule has 1 heterocycles. The topological polar surface area (TPSA) is 20.2 Å². The third kappa shape index (κ3) is 2.30. The first kappa shape index (κ1) is 10.9. The molecule has 0 fully saturated rings. The smallest absolute Gasteiger partial charge is 0.114 e. The lowest BCUT2D eigenvalue weighted by Crippen LogP contribution is -1.96. The SMILES string of the molecule is Cc1cc(Br)c(C(O)c2ccccc2)s1. The lowest BCUT2D eigenvalue weighted by atomic mass is 10.1. The Balaban J connectivity index is 2.36. The maximum atomic E-state index is 10.2. The Morgan fingerprint density at radius 3 is 2.47 bits per heavy atom. The zero-order chi connectivity index (χ0) is 10.8. The first-order valence-corrected chi connectivity index (χ1v) is 6.28. The highest BCUT2D eigenvalue weighted by atomic mass is 79.9. The van der Waals surface area contributed by atoms with Crippen LogP contribution in [0.1, 0.15) is 21.4 Å². The number of benzene rings is 1. The van der Waals surface area contributed by atoms with Crippen LogP contribution in [0, 0.1) is 6.92 Å². The van der Waals surface area contributed by atoms with E-state index in [1.54, 1.807) is 11.3 Å². The van der Waals surface area contributed by atoms with Crippen molar-refractivity contribution in [1.82, 2.24) is 0 Å². The normalized spacial score (nSPS) is 12.7. The van der Waals surface area contributed by atoms with Gasteiger partial charge >= 0.3 is 0 Å². The molecule has 1 nitrogen and oxygen atoms in total. The Morgan fingerprint density at radius 1 is 1.27 bits per heavy atom. The summed E-state index contributed by atoms with van der Waals surface area (Å²) < 4.78 is 0.987. The van der Waals surface area contributed by atoms with Gasteiger partial charge in [0.05, 0.1) is 4.88 Å². The first-order valence-electron chi connectivity index (χ1n) is 4.67. The van der Waals surface area contributed by atoms with Crippen LogP contribution >= 0.6 is 27.3 Å². The zero-order valence-electron chi connectivity index (χ0n) is 8.27. The second-order valence-corrected chi connectivity index (χ2v) is 5.52. The van der Waals surface area contributed by atoms with E-state index in [-0.39, 0.29) is 0 Å². The number of halogens is 1. The highest BCUT2D eigenvalue weighted by Gasteiger charge is 2.15. The van der Waals surface area contributed by atoms with Gasteiger partial charge in [-0.05, 0) is 34.5 Å². The Bertz CT molecular complexity index is 450. The number of hydrogen-bond acceptors (Lipinski definition) is 2. The van der Waals surface area contributed by atoms with E-state index < -0.39 is 6.10 Å². The minimum absolute atomic E-state index is 0.528. The fourth-order valence-corrected chi connectivity index (χ4v) is 3.36. The van der Waals surface area contributed by atoms with E-state index in [4.69, 9.17) is 0 Å². The quantitative estimate of drug-likeness (QED) is 0.886. The molecule has 0 spiro atoms. The van der Waals surface area contributed by atoms with Crippen molar-refractivity contribution in [3.8, 4) is 0 Å². The summed E-state index contributed by atoms with van der Waals surface area (Å²) in [6.45, 7) is 2.04. The Kier molecular flexibility index (Phi) is 3.24. The molecule has 3 heteroatoms. The maximum absolute atomic E-state index is 10.2. The molecule has 15 heavy (non-hydrogen) atoms. The summed E-state index contributed by atoms with van der Waals surface area (Å²) in [6.07, 6.45) is -0.528. The molecule has 1 aromatic heterocycles. The molecular weight excluding hydrogens is 272 g/mol. The lowest BCUT2D eigenvalue weighted by molar-refractivity contribution is 0.223. The molecular formula is C12H11BrOS. The summed E-state index contributed by atoms with van der Waals surface area (Å²) in [6, 6.07) is 11.7. The van der Waals surface area contributed by atoms with Crippen molar-refractivity contribution < 1.29 is 5.11 Å². The van der Waals surface area contributed by atoms with Crippen LogP contribution in [0.4, 0.5) is 0 Å². The van der Waals surface area contributed by atoms with Crippen LogP contribution in [0.25, 0.3) is 0 Å².